The van der Waals surface area contributed by atoms with E-state index in [4.69, 9.17) is 10.1 Å². The molecule has 0 radical (unpaired) electrons. The van der Waals surface area contributed by atoms with E-state index < -0.39 is 0 Å². The summed E-state index contributed by atoms with van der Waals surface area (Å²) < 4.78 is 6.08. The summed E-state index contributed by atoms with van der Waals surface area (Å²) in [7, 11) is 1.66. The molecule has 2 N–H and O–H groups in total. The third kappa shape index (κ3) is 6.75. The molecule has 4 heteroatoms. The molecule has 0 aliphatic rings. The van der Waals surface area contributed by atoms with Gasteiger partial charge in [0.05, 0.1) is 7.11 Å². The molecule has 0 saturated carbocycles. The van der Waals surface area contributed by atoms with Crippen molar-refractivity contribution in [3.8, 4) is 5.75 Å². The quantitative estimate of drug-likeness (QED) is 0.575. The Bertz CT molecular complexity index is 610. The summed E-state index contributed by atoms with van der Waals surface area (Å²) in [6, 6.07) is 12.0. The van der Waals surface area contributed by atoms with Crippen molar-refractivity contribution in [2.45, 2.75) is 41.2 Å². The molecule has 3 nitrogen and oxygen atoms in total. The van der Waals surface area contributed by atoms with Gasteiger partial charge in [-0.1, -0.05) is 55.8 Å². The first-order valence-electron chi connectivity index (χ1n) is 8.31. The van der Waals surface area contributed by atoms with E-state index >= 15 is 0 Å². The van der Waals surface area contributed by atoms with E-state index in [9.17, 15) is 0 Å². The van der Waals surface area contributed by atoms with Gasteiger partial charge < -0.3 is 15.5 Å². The van der Waals surface area contributed by atoms with Crippen LogP contribution >= 0.6 is 15.9 Å². The number of nitrogens with one attached hydrogen (secondary N) is 2. The molecule has 0 aliphatic carbocycles. The number of hydrogen-bond acceptors (Lipinski definition) is 3. The number of halogens is 1. The van der Waals surface area contributed by atoms with E-state index in [2.05, 4.69) is 27.3 Å². The van der Waals surface area contributed by atoms with E-state index in [-0.39, 0.29) is 0 Å². The summed E-state index contributed by atoms with van der Waals surface area (Å²) in [5.41, 5.74) is 4.14. The second kappa shape index (κ2) is 12.6. The van der Waals surface area contributed by atoms with Crippen LogP contribution in [0.25, 0.3) is 0 Å². The molecule has 132 valence electrons. The van der Waals surface area contributed by atoms with Crippen LogP contribution in [0, 0.1) is 12.3 Å². The van der Waals surface area contributed by atoms with Gasteiger partial charge in [0.25, 0.3) is 0 Å². The maximum absolute atomic E-state index is 7.52. The second-order valence-corrected chi connectivity index (χ2v) is 5.41. The van der Waals surface area contributed by atoms with Crippen LogP contribution in [-0.4, -0.2) is 13.3 Å². The highest BCUT2D eigenvalue weighted by Gasteiger charge is 2.06. The van der Waals surface area contributed by atoms with E-state index in [0.29, 0.717) is 6.54 Å². The van der Waals surface area contributed by atoms with E-state index in [1.165, 1.54) is 11.8 Å². The number of benzene rings is 2. The van der Waals surface area contributed by atoms with Gasteiger partial charge in [-0.2, -0.15) is 0 Å². The molecule has 0 unspecified atom stereocenters. The van der Waals surface area contributed by atoms with Crippen LogP contribution in [0.15, 0.2) is 40.9 Å². The van der Waals surface area contributed by atoms with Gasteiger partial charge in [0.1, 0.15) is 5.75 Å². The monoisotopic (exact) mass is 392 g/mol. The van der Waals surface area contributed by atoms with Gasteiger partial charge in [-0.05, 0) is 42.3 Å². The lowest BCUT2D eigenvalue weighted by atomic mass is 10.1. The van der Waals surface area contributed by atoms with Gasteiger partial charge in [0.15, 0.2) is 0 Å². The zero-order valence-corrected chi connectivity index (χ0v) is 17.1. The van der Waals surface area contributed by atoms with Crippen LogP contribution in [0.4, 0.5) is 5.69 Å². The Morgan fingerprint density at radius 2 is 1.67 bits per heavy atom. The summed E-state index contributed by atoms with van der Waals surface area (Å²) >= 11 is 3.50. The lowest BCUT2D eigenvalue weighted by Gasteiger charge is -2.12. The van der Waals surface area contributed by atoms with Crippen molar-refractivity contribution in [1.29, 1.82) is 5.41 Å². The maximum atomic E-state index is 7.52. The Morgan fingerprint density at radius 1 is 1.08 bits per heavy atom. The minimum absolute atomic E-state index is 0.709. The topological polar surface area (TPSA) is 45.1 Å². The highest BCUT2D eigenvalue weighted by Crippen LogP contribution is 2.26. The Balaban J connectivity index is 0.00000123. The first-order valence-corrected chi connectivity index (χ1v) is 9.10. The molecular formula is C20H29BrN2O. The van der Waals surface area contributed by atoms with Crippen molar-refractivity contribution in [3.05, 3.63) is 57.6 Å². The minimum atomic E-state index is 0.709. The van der Waals surface area contributed by atoms with Gasteiger partial charge in [-0.15, -0.1) is 0 Å². The fraction of sp³-hybridized carbons (Fsp3) is 0.350. The zero-order valence-electron chi connectivity index (χ0n) is 15.5. The standard InChI is InChI=1S/C16H17BrN2O.2C2H6/c1-11-7-15(17)14(9-18)16(8-11)19-10-12-3-5-13(20-2)6-4-12;2*1-2/h3-9,18-19H,10H2,1-2H3;2*1-2H3. The van der Waals surface area contributed by atoms with Crippen LogP contribution in [0.1, 0.15) is 44.4 Å². The molecule has 0 aliphatic heterocycles. The normalized spacial score (nSPS) is 8.96. The van der Waals surface area contributed by atoms with Crippen molar-refractivity contribution in [2.75, 3.05) is 12.4 Å². The fourth-order valence-corrected chi connectivity index (χ4v) is 2.68. The van der Waals surface area contributed by atoms with Gasteiger partial charge in [0.2, 0.25) is 0 Å². The Labute approximate surface area is 155 Å². The summed E-state index contributed by atoms with van der Waals surface area (Å²) in [6.07, 6.45) is 1.36. The first kappa shape index (κ1) is 22.2. The van der Waals surface area contributed by atoms with Crippen LogP contribution < -0.4 is 10.1 Å². The van der Waals surface area contributed by atoms with Crippen molar-refractivity contribution < 1.29 is 4.74 Å². The first-order chi connectivity index (χ1) is 11.6. The van der Waals surface area contributed by atoms with Crippen LogP contribution in [0.5, 0.6) is 5.75 Å². The van der Waals surface area contributed by atoms with Crippen LogP contribution in [0.3, 0.4) is 0 Å². The molecule has 2 rings (SSSR count). The van der Waals surface area contributed by atoms with E-state index in [1.807, 2.05) is 65.0 Å². The molecule has 0 amide bonds. The zero-order chi connectivity index (χ0) is 18.5. The summed E-state index contributed by atoms with van der Waals surface area (Å²) in [6.45, 7) is 10.7. The number of rotatable bonds is 5. The van der Waals surface area contributed by atoms with Gasteiger partial charge in [0, 0.05) is 28.5 Å². The Hall–Kier alpha value is -1.81. The number of methoxy groups -OCH3 is 1. The smallest absolute Gasteiger partial charge is 0.118 e. The third-order valence-corrected chi connectivity index (χ3v) is 3.72. The molecule has 0 heterocycles. The molecule has 0 spiro atoms. The van der Waals surface area contributed by atoms with Gasteiger partial charge >= 0.3 is 0 Å². The fourth-order valence-electron chi connectivity index (χ4n) is 1.99. The molecule has 0 bridgehead atoms. The lowest BCUT2D eigenvalue weighted by Crippen LogP contribution is -2.03. The van der Waals surface area contributed by atoms with Crippen molar-refractivity contribution in [3.63, 3.8) is 0 Å². The van der Waals surface area contributed by atoms with Gasteiger partial charge in [-0.25, -0.2) is 0 Å². The number of aryl methyl sites for hydroxylation is 1. The molecule has 0 fully saturated rings. The number of anilines is 1. The van der Waals surface area contributed by atoms with Crippen molar-refractivity contribution >= 4 is 27.8 Å². The highest BCUT2D eigenvalue weighted by molar-refractivity contribution is 9.10. The van der Waals surface area contributed by atoms with Crippen LogP contribution in [0.2, 0.25) is 0 Å². The molecule has 2 aromatic rings. The second-order valence-electron chi connectivity index (χ2n) is 4.55. The number of ether oxygens (including phenoxy) is 1. The Kier molecular flexibility index (Phi) is 11.6. The van der Waals surface area contributed by atoms with Crippen LogP contribution in [-0.2, 0) is 6.54 Å². The Morgan fingerprint density at radius 3 is 2.17 bits per heavy atom. The van der Waals surface area contributed by atoms with Gasteiger partial charge in [-0.3, -0.25) is 0 Å². The van der Waals surface area contributed by atoms with E-state index in [1.54, 1.807) is 7.11 Å². The summed E-state index contributed by atoms with van der Waals surface area (Å²) in [4.78, 5) is 0. The molecule has 24 heavy (non-hydrogen) atoms. The predicted octanol–water partition coefficient (Wildman–Crippen LogP) is 6.43. The van der Waals surface area contributed by atoms with Crippen molar-refractivity contribution in [1.82, 2.24) is 0 Å². The lowest BCUT2D eigenvalue weighted by molar-refractivity contribution is 0.414. The maximum Gasteiger partial charge on any atom is 0.118 e. The largest absolute Gasteiger partial charge is 0.497 e. The average molecular weight is 393 g/mol. The SMILES string of the molecule is CC.CC.COc1ccc(CNc2cc(C)cc(Br)c2C=N)cc1. The molecule has 2 aromatic carbocycles. The summed E-state index contributed by atoms with van der Waals surface area (Å²) in [5.74, 6) is 0.854. The number of hydrogen-bond donors (Lipinski definition) is 2. The predicted molar refractivity (Wildman–Crippen MR) is 110 cm³/mol. The highest BCUT2D eigenvalue weighted by atomic mass is 79.9. The molecule has 0 aromatic heterocycles. The molecule has 0 saturated heterocycles. The van der Waals surface area contributed by atoms with Crippen molar-refractivity contribution in [2.24, 2.45) is 0 Å². The third-order valence-electron chi connectivity index (χ3n) is 3.06. The van der Waals surface area contributed by atoms with E-state index in [0.717, 1.165) is 27.0 Å². The average Bonchev–Trinajstić information content (AvgIpc) is 2.63. The minimum Gasteiger partial charge on any atom is -0.497 e. The molecular weight excluding hydrogens is 364 g/mol. The molecule has 0 atom stereocenters. The summed E-state index contributed by atoms with van der Waals surface area (Å²) in [5, 5.41) is 10.9.